The minimum atomic E-state index is -3.02. The van der Waals surface area contributed by atoms with Crippen LogP contribution in [0.1, 0.15) is 13.3 Å². The summed E-state index contributed by atoms with van der Waals surface area (Å²) >= 11 is 1.22. The van der Waals surface area contributed by atoms with Gasteiger partial charge in [0.2, 0.25) is 11.1 Å². The number of aromatic amines is 1. The van der Waals surface area contributed by atoms with Crippen LogP contribution < -0.4 is 10.1 Å². The second kappa shape index (κ2) is 7.67. The average molecular weight is 396 g/mol. The molecule has 1 saturated heterocycles. The lowest BCUT2D eigenvalue weighted by Gasteiger charge is -2.14. The zero-order chi connectivity index (χ0) is 18.7. The van der Waals surface area contributed by atoms with E-state index in [-0.39, 0.29) is 23.5 Å². The third-order valence-corrected chi connectivity index (χ3v) is 6.79. The fourth-order valence-corrected chi connectivity index (χ4v) is 5.02. The molecule has 26 heavy (non-hydrogen) atoms. The van der Waals surface area contributed by atoms with E-state index in [0.717, 1.165) is 11.3 Å². The van der Waals surface area contributed by atoms with Crippen LogP contribution in [-0.4, -0.2) is 59.4 Å². The van der Waals surface area contributed by atoms with Crippen LogP contribution in [0.25, 0.3) is 11.4 Å². The van der Waals surface area contributed by atoms with Gasteiger partial charge in [-0.05, 0) is 37.6 Å². The third-order valence-electron chi connectivity index (χ3n) is 4.06. The first-order chi connectivity index (χ1) is 12.4. The van der Waals surface area contributed by atoms with E-state index >= 15 is 0 Å². The van der Waals surface area contributed by atoms with Crippen LogP contribution in [0.2, 0.25) is 0 Å². The number of aromatic nitrogens is 3. The van der Waals surface area contributed by atoms with Gasteiger partial charge in [0.15, 0.2) is 15.7 Å². The Morgan fingerprint density at radius 1 is 1.38 bits per heavy atom. The highest BCUT2D eigenvalue weighted by molar-refractivity contribution is 8.00. The molecule has 1 aromatic carbocycles. The summed E-state index contributed by atoms with van der Waals surface area (Å²) in [5, 5.41) is 9.80. The number of H-pyrrole nitrogens is 1. The topological polar surface area (TPSA) is 114 Å². The van der Waals surface area contributed by atoms with Gasteiger partial charge in [0, 0.05) is 11.6 Å². The smallest absolute Gasteiger partial charge is 0.233 e. The molecule has 1 fully saturated rings. The maximum Gasteiger partial charge on any atom is 0.233 e. The Morgan fingerprint density at radius 3 is 2.73 bits per heavy atom. The van der Waals surface area contributed by atoms with Gasteiger partial charge in [-0.15, -0.1) is 5.10 Å². The minimum absolute atomic E-state index is 0.0123. The van der Waals surface area contributed by atoms with Crippen LogP contribution in [0.5, 0.6) is 5.75 Å². The molecule has 3 rings (SSSR count). The molecule has 0 unspecified atom stereocenters. The number of thioether (sulfide) groups is 1. The number of hydrogen-bond acceptors (Lipinski definition) is 7. The largest absolute Gasteiger partial charge is 0.497 e. The van der Waals surface area contributed by atoms with E-state index in [0.29, 0.717) is 17.4 Å². The molecule has 10 heteroatoms. The van der Waals surface area contributed by atoms with Crippen LogP contribution in [0, 0.1) is 0 Å². The molecule has 2 atom stereocenters. The van der Waals surface area contributed by atoms with E-state index in [1.54, 1.807) is 14.0 Å². The van der Waals surface area contributed by atoms with Crippen molar-refractivity contribution in [2.24, 2.45) is 0 Å². The summed E-state index contributed by atoms with van der Waals surface area (Å²) in [6.07, 6.45) is 0.466. The quantitative estimate of drug-likeness (QED) is 0.707. The number of carbonyl (C=O) groups is 1. The summed E-state index contributed by atoms with van der Waals surface area (Å²) in [4.78, 5) is 16.6. The first-order valence-corrected chi connectivity index (χ1v) is 10.8. The zero-order valence-corrected chi connectivity index (χ0v) is 16.1. The maximum atomic E-state index is 12.3. The Balaban J connectivity index is 1.58. The summed E-state index contributed by atoms with van der Waals surface area (Å²) < 4.78 is 28.1. The predicted molar refractivity (Wildman–Crippen MR) is 98.9 cm³/mol. The predicted octanol–water partition coefficient (Wildman–Crippen LogP) is 1.26. The third kappa shape index (κ3) is 4.55. The second-order valence-electron chi connectivity index (χ2n) is 6.06. The number of carbonyl (C=O) groups excluding carboxylic acids is 1. The van der Waals surface area contributed by atoms with Gasteiger partial charge in [-0.2, -0.15) is 0 Å². The summed E-state index contributed by atoms with van der Waals surface area (Å²) in [5.41, 5.74) is 0.860. The number of rotatable bonds is 6. The Hall–Kier alpha value is -2.07. The first-order valence-electron chi connectivity index (χ1n) is 8.10. The monoisotopic (exact) mass is 396 g/mol. The molecule has 8 nitrogen and oxygen atoms in total. The van der Waals surface area contributed by atoms with Gasteiger partial charge in [-0.25, -0.2) is 13.4 Å². The number of sulfone groups is 1. The molecule has 1 aliphatic heterocycles. The number of nitrogens with one attached hydrogen (secondary N) is 2. The van der Waals surface area contributed by atoms with Crippen molar-refractivity contribution in [2.75, 3.05) is 18.6 Å². The van der Waals surface area contributed by atoms with Crippen molar-refractivity contribution >= 4 is 27.5 Å². The molecule has 0 aliphatic carbocycles. The number of ether oxygens (including phenoxy) is 1. The van der Waals surface area contributed by atoms with Crippen LogP contribution in [0.4, 0.5) is 0 Å². The lowest BCUT2D eigenvalue weighted by molar-refractivity contribution is -0.120. The fourth-order valence-electron chi connectivity index (χ4n) is 2.62. The molecule has 1 aliphatic rings. The number of amides is 1. The van der Waals surface area contributed by atoms with Crippen LogP contribution in [0.3, 0.4) is 0 Å². The van der Waals surface area contributed by atoms with Gasteiger partial charge < -0.3 is 10.1 Å². The zero-order valence-electron chi connectivity index (χ0n) is 14.4. The van der Waals surface area contributed by atoms with Crippen molar-refractivity contribution in [1.82, 2.24) is 20.5 Å². The average Bonchev–Trinajstić information content (AvgIpc) is 3.21. The van der Waals surface area contributed by atoms with Crippen molar-refractivity contribution in [2.45, 2.75) is 29.8 Å². The normalized spacial score (nSPS) is 19.8. The van der Waals surface area contributed by atoms with Gasteiger partial charge in [-0.3, -0.25) is 9.89 Å². The molecule has 2 N–H and O–H groups in total. The van der Waals surface area contributed by atoms with Crippen LogP contribution in [-0.2, 0) is 14.6 Å². The summed E-state index contributed by atoms with van der Waals surface area (Å²) in [6.45, 7) is 1.74. The van der Waals surface area contributed by atoms with Crippen LogP contribution in [0.15, 0.2) is 29.4 Å². The Bertz CT molecular complexity index is 880. The number of nitrogens with zero attached hydrogens (tertiary/aromatic N) is 2. The molecule has 0 radical (unpaired) electrons. The number of hydrogen-bond donors (Lipinski definition) is 2. The van der Waals surface area contributed by atoms with Gasteiger partial charge in [0.05, 0.1) is 23.9 Å². The van der Waals surface area contributed by atoms with E-state index in [1.165, 1.54) is 11.8 Å². The van der Waals surface area contributed by atoms with Crippen molar-refractivity contribution in [3.63, 3.8) is 0 Å². The highest BCUT2D eigenvalue weighted by Gasteiger charge is 2.30. The molecule has 0 saturated carbocycles. The summed E-state index contributed by atoms with van der Waals surface area (Å²) in [7, 11) is -1.42. The molecule has 0 spiro atoms. The number of methoxy groups -OCH3 is 1. The lowest BCUT2D eigenvalue weighted by Crippen LogP contribution is -2.39. The SMILES string of the molecule is COc1ccc(-c2nc(S[C@@H](C)C(=O)N[C@@H]3CCS(=O)(=O)C3)n[nH]2)cc1. The maximum absolute atomic E-state index is 12.3. The molecule has 1 aromatic heterocycles. The van der Waals surface area contributed by atoms with Crippen molar-refractivity contribution < 1.29 is 17.9 Å². The second-order valence-corrected chi connectivity index (χ2v) is 9.60. The van der Waals surface area contributed by atoms with Crippen LogP contribution >= 0.6 is 11.8 Å². The van der Waals surface area contributed by atoms with E-state index in [1.807, 2.05) is 24.3 Å². The summed E-state index contributed by atoms with van der Waals surface area (Å²) in [5.74, 6) is 1.28. The van der Waals surface area contributed by atoms with E-state index in [4.69, 9.17) is 4.74 Å². The summed E-state index contributed by atoms with van der Waals surface area (Å²) in [6, 6.07) is 7.08. The van der Waals surface area contributed by atoms with Crippen molar-refractivity contribution in [3.8, 4) is 17.1 Å². The molecular weight excluding hydrogens is 376 g/mol. The van der Waals surface area contributed by atoms with Gasteiger partial charge in [0.25, 0.3) is 0 Å². The van der Waals surface area contributed by atoms with E-state index in [9.17, 15) is 13.2 Å². The van der Waals surface area contributed by atoms with Gasteiger partial charge >= 0.3 is 0 Å². The molecular formula is C16H20N4O4S2. The Labute approximate surface area is 156 Å². The molecule has 1 amide bonds. The van der Waals surface area contributed by atoms with Gasteiger partial charge in [0.1, 0.15) is 5.75 Å². The Morgan fingerprint density at radius 2 is 2.12 bits per heavy atom. The minimum Gasteiger partial charge on any atom is -0.497 e. The first kappa shape index (κ1) is 18.7. The Kier molecular flexibility index (Phi) is 5.52. The molecule has 140 valence electrons. The molecule has 2 aromatic rings. The highest BCUT2D eigenvalue weighted by Crippen LogP contribution is 2.24. The lowest BCUT2D eigenvalue weighted by atomic mass is 10.2. The molecule has 2 heterocycles. The van der Waals surface area contributed by atoms with E-state index in [2.05, 4.69) is 20.5 Å². The standard InChI is InChI=1S/C16H20N4O4S2/c1-10(15(21)17-12-7-8-26(22,23)9-12)25-16-18-14(19-20-16)11-3-5-13(24-2)6-4-11/h3-6,10,12H,7-9H2,1-2H3,(H,17,21)(H,18,19,20)/t10-,12+/m0/s1. The van der Waals surface area contributed by atoms with Gasteiger partial charge in [-0.1, -0.05) is 11.8 Å². The molecule has 0 bridgehead atoms. The van der Waals surface area contributed by atoms with Crippen molar-refractivity contribution in [1.29, 1.82) is 0 Å². The fraction of sp³-hybridized carbons (Fsp3) is 0.438. The highest BCUT2D eigenvalue weighted by atomic mass is 32.2. The van der Waals surface area contributed by atoms with Crippen molar-refractivity contribution in [3.05, 3.63) is 24.3 Å². The van der Waals surface area contributed by atoms with E-state index < -0.39 is 15.1 Å². The number of benzene rings is 1.